The molecular weight excluding hydrogens is 334 g/mol. The maximum Gasteiger partial charge on any atom is 0.203 e. The van der Waals surface area contributed by atoms with Gasteiger partial charge >= 0.3 is 0 Å². The molecule has 0 amide bonds. The summed E-state index contributed by atoms with van der Waals surface area (Å²) >= 11 is 0. The van der Waals surface area contributed by atoms with E-state index >= 15 is 0 Å². The Balaban J connectivity index is 1.87. The van der Waals surface area contributed by atoms with Crippen molar-refractivity contribution in [3.8, 4) is 17.2 Å². The molecule has 0 bridgehead atoms. The van der Waals surface area contributed by atoms with Gasteiger partial charge in [0.1, 0.15) is 6.61 Å². The van der Waals surface area contributed by atoms with Crippen LogP contribution in [0.4, 0.5) is 0 Å². The second kappa shape index (κ2) is 7.77. The highest BCUT2D eigenvalue weighted by molar-refractivity contribution is 6.00. The summed E-state index contributed by atoms with van der Waals surface area (Å²) in [5.74, 6) is 2.33. The van der Waals surface area contributed by atoms with E-state index in [-0.39, 0.29) is 0 Å². The lowest BCUT2D eigenvalue weighted by Gasteiger charge is -2.21. The molecule has 2 aromatic rings. The molecule has 0 saturated carbocycles. The van der Waals surface area contributed by atoms with Crippen LogP contribution in [0.2, 0.25) is 0 Å². The van der Waals surface area contributed by atoms with Gasteiger partial charge in [0, 0.05) is 23.7 Å². The van der Waals surface area contributed by atoms with Gasteiger partial charge in [0.15, 0.2) is 17.3 Å². The van der Waals surface area contributed by atoms with Gasteiger partial charge in [0.05, 0.1) is 27.5 Å². The number of oxime groups is 1. The topological polar surface area (TPSA) is 64.9 Å². The minimum Gasteiger partial charge on any atom is -0.493 e. The van der Waals surface area contributed by atoms with Gasteiger partial charge in [-0.15, -0.1) is 0 Å². The third-order valence-electron chi connectivity index (χ3n) is 4.00. The van der Waals surface area contributed by atoms with E-state index in [1.165, 1.54) is 0 Å². The zero-order valence-corrected chi connectivity index (χ0v) is 15.2. The summed E-state index contributed by atoms with van der Waals surface area (Å²) in [6, 6.07) is 11.6. The molecule has 7 heteroatoms. The molecule has 7 nitrogen and oxygen atoms in total. The summed E-state index contributed by atoms with van der Waals surface area (Å²) < 4.78 is 16.1. The second-order valence-electron chi connectivity index (χ2n) is 5.57. The fraction of sp³-hybridized carbons (Fsp3) is 0.263. The Bertz CT molecular complexity index is 823. The molecule has 2 aromatic carbocycles. The number of methoxy groups -OCH3 is 3. The third-order valence-corrected chi connectivity index (χ3v) is 4.00. The Morgan fingerprint density at radius 3 is 2.42 bits per heavy atom. The van der Waals surface area contributed by atoms with Gasteiger partial charge in [-0.3, -0.25) is 0 Å². The van der Waals surface area contributed by atoms with E-state index in [9.17, 15) is 0 Å². The van der Waals surface area contributed by atoms with Gasteiger partial charge in [-0.1, -0.05) is 29.4 Å². The predicted octanol–water partition coefficient (Wildman–Crippen LogP) is 2.87. The van der Waals surface area contributed by atoms with Crippen molar-refractivity contribution in [2.45, 2.75) is 6.61 Å². The molecule has 0 N–H and O–H groups in total. The molecule has 3 rings (SSSR count). The molecule has 0 radical (unpaired) electrons. The number of ether oxygens (including phenoxy) is 3. The molecule has 136 valence electrons. The second-order valence-corrected chi connectivity index (χ2v) is 5.57. The molecule has 0 saturated heterocycles. The van der Waals surface area contributed by atoms with Crippen LogP contribution in [-0.2, 0) is 11.4 Å². The number of fused-ring (bicyclic) bond motifs is 1. The van der Waals surface area contributed by atoms with Gasteiger partial charge in [-0.25, -0.2) is 5.01 Å². The summed E-state index contributed by atoms with van der Waals surface area (Å²) in [6.45, 7) is 0.462. The van der Waals surface area contributed by atoms with Crippen LogP contribution in [0.5, 0.6) is 17.2 Å². The highest BCUT2D eigenvalue weighted by atomic mass is 16.6. The molecule has 0 unspecified atom stereocenters. The minimum absolute atomic E-state index is 0.462. The number of nitrogens with zero attached hydrogens (tertiary/aromatic N) is 3. The van der Waals surface area contributed by atoms with Crippen LogP contribution in [0.25, 0.3) is 0 Å². The summed E-state index contributed by atoms with van der Waals surface area (Å²) in [5, 5.41) is 10.3. The van der Waals surface area contributed by atoms with E-state index in [4.69, 9.17) is 19.0 Å². The highest BCUT2D eigenvalue weighted by Gasteiger charge is 2.18. The lowest BCUT2D eigenvalue weighted by Crippen LogP contribution is -2.26. The molecule has 0 fully saturated rings. The SMILES string of the molecule is COc1cc(C=NN(C)C2=NOCc3ccccc32)cc(OC)c1OC. The van der Waals surface area contributed by atoms with Crippen molar-refractivity contribution < 1.29 is 19.0 Å². The van der Waals surface area contributed by atoms with E-state index in [0.717, 1.165) is 16.7 Å². The van der Waals surface area contributed by atoms with Gasteiger partial charge in [0.25, 0.3) is 0 Å². The number of amidine groups is 1. The zero-order valence-electron chi connectivity index (χ0n) is 15.2. The van der Waals surface area contributed by atoms with E-state index in [0.29, 0.717) is 29.7 Å². The van der Waals surface area contributed by atoms with Gasteiger partial charge in [0.2, 0.25) is 5.75 Å². The van der Waals surface area contributed by atoms with E-state index in [1.54, 1.807) is 32.6 Å². The molecule has 0 aromatic heterocycles. The monoisotopic (exact) mass is 355 g/mol. The first-order chi connectivity index (χ1) is 12.7. The van der Waals surface area contributed by atoms with E-state index in [1.807, 2.05) is 43.4 Å². The van der Waals surface area contributed by atoms with Crippen molar-refractivity contribution in [3.63, 3.8) is 0 Å². The molecule has 0 atom stereocenters. The summed E-state index contributed by atoms with van der Waals surface area (Å²) in [6.07, 6.45) is 1.70. The molecule has 0 spiro atoms. The van der Waals surface area contributed by atoms with Crippen LogP contribution in [-0.4, -0.2) is 45.4 Å². The summed E-state index contributed by atoms with van der Waals surface area (Å²) in [4.78, 5) is 5.30. The average Bonchev–Trinajstić information content (AvgIpc) is 2.70. The summed E-state index contributed by atoms with van der Waals surface area (Å²) in [7, 11) is 6.55. The van der Waals surface area contributed by atoms with Gasteiger partial charge in [-0.2, -0.15) is 5.10 Å². The van der Waals surface area contributed by atoms with Gasteiger partial charge in [-0.05, 0) is 12.1 Å². The van der Waals surface area contributed by atoms with Crippen LogP contribution < -0.4 is 14.2 Å². The van der Waals surface area contributed by atoms with Crippen molar-refractivity contribution in [1.82, 2.24) is 5.01 Å². The average molecular weight is 355 g/mol. The molecule has 26 heavy (non-hydrogen) atoms. The third kappa shape index (κ3) is 3.42. The molecule has 1 aliphatic heterocycles. The Morgan fingerprint density at radius 2 is 1.77 bits per heavy atom. The van der Waals surface area contributed by atoms with Crippen molar-refractivity contribution in [2.24, 2.45) is 10.3 Å². The molecular formula is C19H21N3O4. The van der Waals surface area contributed by atoms with Crippen LogP contribution in [0, 0.1) is 0 Å². The first-order valence-electron chi connectivity index (χ1n) is 8.04. The molecule has 0 aliphatic carbocycles. The first kappa shape index (κ1) is 17.6. The van der Waals surface area contributed by atoms with Crippen LogP contribution in [0.15, 0.2) is 46.7 Å². The van der Waals surface area contributed by atoms with Crippen LogP contribution in [0.1, 0.15) is 16.7 Å². The molecule has 1 aliphatic rings. The van der Waals surface area contributed by atoms with Crippen molar-refractivity contribution in [2.75, 3.05) is 28.4 Å². The normalized spacial score (nSPS) is 12.8. The van der Waals surface area contributed by atoms with E-state index < -0.39 is 0 Å². The Morgan fingerprint density at radius 1 is 1.08 bits per heavy atom. The van der Waals surface area contributed by atoms with Crippen molar-refractivity contribution >= 4 is 12.1 Å². The van der Waals surface area contributed by atoms with Crippen molar-refractivity contribution in [1.29, 1.82) is 0 Å². The Hall–Kier alpha value is -3.22. The first-order valence-corrected chi connectivity index (χ1v) is 8.04. The number of benzene rings is 2. The quantitative estimate of drug-likeness (QED) is 0.609. The summed E-state index contributed by atoms with van der Waals surface area (Å²) in [5.41, 5.74) is 2.88. The standard InChI is InChI=1S/C19H21N3O4/c1-22(19-15-8-6-5-7-14(15)12-26-21-19)20-11-13-9-16(23-2)18(25-4)17(10-13)24-3/h5-11H,12H2,1-4H3. The van der Waals surface area contributed by atoms with Crippen LogP contribution >= 0.6 is 0 Å². The number of rotatable bonds is 5. The van der Waals surface area contributed by atoms with Gasteiger partial charge < -0.3 is 19.0 Å². The highest BCUT2D eigenvalue weighted by Crippen LogP contribution is 2.37. The van der Waals surface area contributed by atoms with E-state index in [2.05, 4.69) is 10.3 Å². The Labute approximate surface area is 152 Å². The maximum absolute atomic E-state index is 5.37. The lowest BCUT2D eigenvalue weighted by molar-refractivity contribution is 0.121. The maximum atomic E-state index is 5.37. The van der Waals surface area contributed by atoms with Crippen LogP contribution in [0.3, 0.4) is 0 Å². The fourth-order valence-corrected chi connectivity index (χ4v) is 2.69. The number of hydrogen-bond acceptors (Lipinski definition) is 7. The van der Waals surface area contributed by atoms with Crippen molar-refractivity contribution in [3.05, 3.63) is 53.1 Å². The lowest BCUT2D eigenvalue weighted by atomic mass is 10.1. The smallest absolute Gasteiger partial charge is 0.203 e. The molecule has 1 heterocycles. The zero-order chi connectivity index (χ0) is 18.5. The largest absolute Gasteiger partial charge is 0.493 e. The fourth-order valence-electron chi connectivity index (χ4n) is 2.69. The number of hydrogen-bond donors (Lipinski definition) is 0. The Kier molecular flexibility index (Phi) is 5.26. The minimum atomic E-state index is 0.462. The predicted molar refractivity (Wildman–Crippen MR) is 99.2 cm³/mol. The number of hydrazone groups is 1.